The Kier molecular flexibility index (Phi) is 11.4. The molecule has 23 heteroatoms. The smallest absolute Gasteiger partial charge is 0.324 e. The van der Waals surface area contributed by atoms with Gasteiger partial charge in [-0.2, -0.15) is 0 Å². The van der Waals surface area contributed by atoms with Gasteiger partial charge in [-0.05, 0) is 0 Å². The van der Waals surface area contributed by atoms with Crippen LogP contribution in [0.1, 0.15) is 0 Å². The molecule has 0 fully saturated rings. The Morgan fingerprint density at radius 1 is 0.367 bits per heavy atom. The summed E-state index contributed by atoms with van der Waals surface area (Å²) in [6.45, 7) is -1.89. The molecule has 0 atom stereocenters. The predicted octanol–water partition coefficient (Wildman–Crippen LogP) is -2.52. The molecule has 0 aromatic carbocycles. The second-order valence-corrected chi connectivity index (χ2v) is 14.4. The van der Waals surface area contributed by atoms with Crippen molar-refractivity contribution in [2.45, 2.75) is 0 Å². The molecule has 182 valence electrons. The summed E-state index contributed by atoms with van der Waals surface area (Å²) >= 11 is 0. The first kappa shape index (κ1) is 30.6. The van der Waals surface area contributed by atoms with Crippen molar-refractivity contribution in [2.75, 3.05) is 44.8 Å². The van der Waals surface area contributed by atoms with E-state index in [2.05, 4.69) is 0 Å². The standard InChI is InChI=1S/C7H24N3O15P5/c11-26(12,13)3-8(1-9(4-27(14,15)16)5-28(17,18)19)2-10(6-29(20,21)22)7-30(23,24)25/h1-7H2,(H2,11,12,13)(H2,14,15,16)(H2,17,18,19)(H2,20,21,22)(H2,23,24,25). The second-order valence-electron chi connectivity index (χ2n) is 6.33. The van der Waals surface area contributed by atoms with Crippen molar-refractivity contribution < 1.29 is 71.8 Å². The summed E-state index contributed by atoms with van der Waals surface area (Å²) in [5.41, 5.74) is 0. The van der Waals surface area contributed by atoms with Crippen LogP contribution in [0.15, 0.2) is 0 Å². The van der Waals surface area contributed by atoms with Crippen LogP contribution in [-0.2, 0) is 22.8 Å². The van der Waals surface area contributed by atoms with Crippen LogP contribution in [0.2, 0.25) is 0 Å². The van der Waals surface area contributed by atoms with Gasteiger partial charge in [0, 0.05) is 0 Å². The van der Waals surface area contributed by atoms with E-state index in [1.807, 2.05) is 0 Å². The van der Waals surface area contributed by atoms with Gasteiger partial charge in [0.05, 0.1) is 13.3 Å². The molecular weight excluding hydrogens is 521 g/mol. The molecule has 0 bridgehead atoms. The molecule has 0 rings (SSSR count). The van der Waals surface area contributed by atoms with Gasteiger partial charge in [-0.15, -0.1) is 0 Å². The highest BCUT2D eigenvalue weighted by atomic mass is 31.2. The predicted molar refractivity (Wildman–Crippen MR) is 99.8 cm³/mol. The summed E-state index contributed by atoms with van der Waals surface area (Å²) in [4.78, 5) is 92.1. The lowest BCUT2D eigenvalue weighted by Crippen LogP contribution is -2.45. The van der Waals surface area contributed by atoms with Gasteiger partial charge in [0.15, 0.2) is 0 Å². The second kappa shape index (κ2) is 11.2. The van der Waals surface area contributed by atoms with Crippen LogP contribution in [-0.4, -0.2) is 108 Å². The molecule has 0 spiro atoms. The molecule has 10 N–H and O–H groups in total. The van der Waals surface area contributed by atoms with Crippen LogP contribution < -0.4 is 0 Å². The van der Waals surface area contributed by atoms with E-state index < -0.39 is 82.7 Å². The van der Waals surface area contributed by atoms with Crippen LogP contribution in [0.25, 0.3) is 0 Å². The molecule has 0 amide bonds. The lowest BCUT2D eigenvalue weighted by molar-refractivity contribution is 0.102. The van der Waals surface area contributed by atoms with E-state index in [0.29, 0.717) is 14.7 Å². The van der Waals surface area contributed by atoms with E-state index in [1.165, 1.54) is 0 Å². The Morgan fingerprint density at radius 3 is 0.700 bits per heavy atom. The van der Waals surface area contributed by atoms with Gasteiger partial charge in [0.1, 0.15) is 31.4 Å². The summed E-state index contributed by atoms with van der Waals surface area (Å²) in [5.74, 6) is 0. The van der Waals surface area contributed by atoms with Gasteiger partial charge >= 0.3 is 38.0 Å². The topological polar surface area (TPSA) is 297 Å². The van der Waals surface area contributed by atoms with Crippen molar-refractivity contribution in [1.82, 2.24) is 14.7 Å². The van der Waals surface area contributed by atoms with E-state index in [9.17, 15) is 22.8 Å². The van der Waals surface area contributed by atoms with Crippen molar-refractivity contribution in [2.24, 2.45) is 0 Å². The fraction of sp³-hybridized carbons (Fsp3) is 1.00. The van der Waals surface area contributed by atoms with Crippen molar-refractivity contribution in [3.8, 4) is 0 Å². The van der Waals surface area contributed by atoms with Crippen LogP contribution in [0, 0.1) is 0 Å². The molecule has 0 saturated carbocycles. The van der Waals surface area contributed by atoms with Gasteiger partial charge in [-0.3, -0.25) is 37.5 Å². The molecule has 30 heavy (non-hydrogen) atoms. The average molecular weight is 545 g/mol. The summed E-state index contributed by atoms with van der Waals surface area (Å²) in [5, 5.41) is 0. The van der Waals surface area contributed by atoms with E-state index in [4.69, 9.17) is 48.9 Å². The maximum Gasteiger partial charge on any atom is 0.339 e. The molecule has 0 aliphatic rings. The molecule has 0 unspecified atom stereocenters. The Labute approximate surface area is 169 Å². The largest absolute Gasteiger partial charge is 0.339 e. The summed E-state index contributed by atoms with van der Waals surface area (Å²) in [6, 6.07) is 0. The fourth-order valence-electron chi connectivity index (χ4n) is 2.27. The minimum absolute atomic E-state index is 0.435. The summed E-state index contributed by atoms with van der Waals surface area (Å²) in [7, 11) is -24.6. The summed E-state index contributed by atoms with van der Waals surface area (Å²) < 4.78 is 56.2. The third-order valence-electron chi connectivity index (χ3n) is 2.72. The van der Waals surface area contributed by atoms with E-state index in [-0.39, 0.29) is 0 Å². The fourth-order valence-corrected chi connectivity index (χ4v) is 6.13. The van der Waals surface area contributed by atoms with Crippen molar-refractivity contribution in [1.29, 1.82) is 0 Å². The van der Waals surface area contributed by atoms with Crippen LogP contribution >= 0.6 is 38.0 Å². The monoisotopic (exact) mass is 545 g/mol. The minimum atomic E-state index is -4.94. The Hall–Kier alpha value is 0.630. The number of rotatable bonds is 14. The quantitative estimate of drug-likeness (QED) is 0.0795. The summed E-state index contributed by atoms with van der Waals surface area (Å²) in [6.07, 6.45) is -6.26. The van der Waals surface area contributed by atoms with Crippen LogP contribution in [0.3, 0.4) is 0 Å². The molecule has 0 aliphatic heterocycles. The zero-order valence-corrected chi connectivity index (χ0v) is 19.5. The first-order chi connectivity index (χ1) is 12.9. The highest BCUT2D eigenvalue weighted by molar-refractivity contribution is 7.53. The Bertz CT molecular complexity index is 688. The van der Waals surface area contributed by atoms with Crippen LogP contribution in [0.5, 0.6) is 0 Å². The van der Waals surface area contributed by atoms with Gasteiger partial charge in [0.2, 0.25) is 0 Å². The molecular formula is C7H24N3O15P5. The van der Waals surface area contributed by atoms with E-state index in [1.54, 1.807) is 0 Å². The van der Waals surface area contributed by atoms with Crippen molar-refractivity contribution in [3.05, 3.63) is 0 Å². The molecule has 18 nitrogen and oxygen atoms in total. The van der Waals surface area contributed by atoms with Gasteiger partial charge in [0.25, 0.3) is 0 Å². The van der Waals surface area contributed by atoms with Gasteiger partial charge < -0.3 is 48.9 Å². The molecule has 0 aromatic heterocycles. The Morgan fingerprint density at radius 2 is 0.533 bits per heavy atom. The SMILES string of the molecule is O=P(O)(O)CN(CN(CP(=O)(O)O)CP(=O)(O)O)CN(CP(=O)(O)O)CP(=O)(O)O. The molecule has 0 saturated heterocycles. The first-order valence-corrected chi connectivity index (χ1v) is 16.3. The van der Waals surface area contributed by atoms with E-state index >= 15 is 0 Å². The third kappa shape index (κ3) is 19.3. The van der Waals surface area contributed by atoms with Crippen molar-refractivity contribution in [3.63, 3.8) is 0 Å². The number of hydrogen-bond acceptors (Lipinski definition) is 8. The molecule has 0 radical (unpaired) electrons. The number of hydrogen-bond donors (Lipinski definition) is 10. The minimum Gasteiger partial charge on any atom is -0.324 e. The lowest BCUT2D eigenvalue weighted by atomic mass is 10.7. The average Bonchev–Trinajstić information content (AvgIpc) is 2.26. The maximum atomic E-state index is 11.3. The zero-order chi connectivity index (χ0) is 24.2. The Balaban J connectivity index is 5.82. The lowest BCUT2D eigenvalue weighted by Gasteiger charge is -2.34. The van der Waals surface area contributed by atoms with Crippen LogP contribution in [0.4, 0.5) is 0 Å². The molecule has 0 aliphatic carbocycles. The maximum absolute atomic E-state index is 11.3. The zero-order valence-electron chi connectivity index (χ0n) is 15.0. The van der Waals surface area contributed by atoms with Gasteiger partial charge in [-0.25, -0.2) is 0 Å². The normalized spacial score (nSPS) is 14.8. The first-order valence-electron chi connectivity index (χ1n) is 7.34. The third-order valence-corrected chi connectivity index (χ3v) is 6.56. The molecule has 0 heterocycles. The highest BCUT2D eigenvalue weighted by Crippen LogP contribution is 2.43. The number of nitrogens with zero attached hydrogens (tertiary/aromatic N) is 3. The highest BCUT2D eigenvalue weighted by Gasteiger charge is 2.32. The molecule has 0 aromatic rings. The van der Waals surface area contributed by atoms with Crippen molar-refractivity contribution >= 4 is 38.0 Å². The van der Waals surface area contributed by atoms with E-state index in [0.717, 1.165) is 0 Å². The van der Waals surface area contributed by atoms with Gasteiger partial charge in [-0.1, -0.05) is 0 Å².